The molecule has 1 aliphatic heterocycles. The number of hydrogen-bond acceptors (Lipinski definition) is 4. The summed E-state index contributed by atoms with van der Waals surface area (Å²) < 4.78 is 44.3. The van der Waals surface area contributed by atoms with Crippen molar-refractivity contribution in [1.82, 2.24) is 4.90 Å². The summed E-state index contributed by atoms with van der Waals surface area (Å²) in [5.41, 5.74) is 5.29. The minimum Gasteiger partial charge on any atom is -0.443 e. The lowest BCUT2D eigenvalue weighted by molar-refractivity contribution is -0.174. The summed E-state index contributed by atoms with van der Waals surface area (Å²) in [6, 6.07) is 0. The maximum absolute atomic E-state index is 11.7. The Morgan fingerprint density at radius 2 is 2.25 bits per heavy atom. The van der Waals surface area contributed by atoms with Crippen molar-refractivity contribution < 1.29 is 27.4 Å². The number of hydrogen-bond donors (Lipinski definition) is 1. The van der Waals surface area contributed by atoms with Crippen LogP contribution in [0.4, 0.5) is 18.0 Å². The van der Waals surface area contributed by atoms with Gasteiger partial charge in [0.1, 0.15) is 12.7 Å². The highest BCUT2D eigenvalue weighted by Gasteiger charge is 2.31. The van der Waals surface area contributed by atoms with E-state index < -0.39 is 18.9 Å². The maximum atomic E-state index is 11.7. The molecule has 1 atom stereocenters. The lowest BCUT2D eigenvalue weighted by Crippen LogP contribution is -2.31. The molecule has 2 N–H and O–H groups in total. The van der Waals surface area contributed by atoms with E-state index in [1.54, 1.807) is 0 Å². The monoisotopic (exact) mass is 242 g/mol. The van der Waals surface area contributed by atoms with Crippen LogP contribution in [0.1, 0.15) is 0 Å². The third-order valence-electron chi connectivity index (χ3n) is 1.98. The number of cyclic esters (lactones) is 1. The number of carbonyl (C=O) groups excluding carboxylic acids is 1. The van der Waals surface area contributed by atoms with Gasteiger partial charge in [-0.2, -0.15) is 13.2 Å². The Bertz CT molecular complexity index is 247. The lowest BCUT2D eigenvalue weighted by atomic mass is 10.3. The van der Waals surface area contributed by atoms with Crippen LogP contribution >= 0.6 is 0 Å². The van der Waals surface area contributed by atoms with Crippen LogP contribution in [0, 0.1) is 0 Å². The highest BCUT2D eigenvalue weighted by atomic mass is 19.4. The zero-order valence-corrected chi connectivity index (χ0v) is 8.50. The summed E-state index contributed by atoms with van der Waals surface area (Å²) in [4.78, 5) is 12.4. The number of nitrogens with two attached hydrogens (primary N) is 1. The molecular weight excluding hydrogens is 229 g/mol. The van der Waals surface area contributed by atoms with Gasteiger partial charge in [0.25, 0.3) is 0 Å². The van der Waals surface area contributed by atoms with E-state index in [0.29, 0.717) is 6.54 Å². The van der Waals surface area contributed by atoms with Crippen LogP contribution in [0.25, 0.3) is 0 Å². The number of halogens is 3. The van der Waals surface area contributed by atoms with E-state index in [9.17, 15) is 18.0 Å². The van der Waals surface area contributed by atoms with Crippen molar-refractivity contribution in [3.63, 3.8) is 0 Å². The lowest BCUT2D eigenvalue weighted by Gasteiger charge is -2.13. The van der Waals surface area contributed by atoms with Gasteiger partial charge in [-0.3, -0.25) is 0 Å². The van der Waals surface area contributed by atoms with E-state index >= 15 is 0 Å². The third-order valence-corrected chi connectivity index (χ3v) is 1.98. The largest absolute Gasteiger partial charge is 0.443 e. The number of alkyl halides is 3. The molecule has 0 aromatic heterocycles. The Balaban J connectivity index is 2.16. The Labute approximate surface area is 90.3 Å². The van der Waals surface area contributed by atoms with Gasteiger partial charge in [0.05, 0.1) is 13.2 Å². The molecule has 1 fully saturated rings. The van der Waals surface area contributed by atoms with Gasteiger partial charge in [0.15, 0.2) is 0 Å². The summed E-state index contributed by atoms with van der Waals surface area (Å²) in [5, 5.41) is 0. The number of ether oxygens (including phenoxy) is 2. The number of nitrogens with zero attached hydrogens (tertiary/aromatic N) is 1. The molecule has 1 rings (SSSR count). The standard InChI is InChI=1S/C8H13F3N2O3/c9-8(10,11)5-15-2-1-13-4-6(3-12)16-7(13)14/h6H,1-5,12H2. The predicted molar refractivity (Wildman–Crippen MR) is 47.8 cm³/mol. The first-order valence-electron chi connectivity index (χ1n) is 4.72. The summed E-state index contributed by atoms with van der Waals surface area (Å²) in [6.45, 7) is -0.913. The van der Waals surface area contributed by atoms with Crippen molar-refractivity contribution in [3.05, 3.63) is 0 Å². The van der Waals surface area contributed by atoms with Gasteiger partial charge in [-0.1, -0.05) is 0 Å². The van der Waals surface area contributed by atoms with Crippen LogP contribution in [0.5, 0.6) is 0 Å². The number of rotatable bonds is 5. The average Bonchev–Trinajstić information content (AvgIpc) is 2.53. The molecule has 1 unspecified atom stereocenters. The Hall–Kier alpha value is -1.02. The quantitative estimate of drug-likeness (QED) is 0.706. The normalized spacial score (nSPS) is 21.4. The Morgan fingerprint density at radius 1 is 1.56 bits per heavy atom. The molecule has 1 amide bonds. The zero-order chi connectivity index (χ0) is 12.2. The fourth-order valence-electron chi connectivity index (χ4n) is 1.24. The molecule has 0 bridgehead atoms. The van der Waals surface area contributed by atoms with E-state index in [1.165, 1.54) is 4.90 Å². The molecule has 0 radical (unpaired) electrons. The van der Waals surface area contributed by atoms with Gasteiger partial charge in [0, 0.05) is 13.1 Å². The molecule has 0 aromatic carbocycles. The molecule has 94 valence electrons. The van der Waals surface area contributed by atoms with Crippen molar-refractivity contribution in [3.8, 4) is 0 Å². The second kappa shape index (κ2) is 5.35. The molecule has 0 saturated carbocycles. The summed E-state index contributed by atoms with van der Waals surface area (Å²) in [7, 11) is 0. The first-order chi connectivity index (χ1) is 7.42. The summed E-state index contributed by atoms with van der Waals surface area (Å²) in [5.74, 6) is 0. The number of amides is 1. The molecular formula is C8H13F3N2O3. The van der Waals surface area contributed by atoms with Gasteiger partial charge in [-0.25, -0.2) is 4.79 Å². The summed E-state index contributed by atoms with van der Waals surface area (Å²) in [6.07, 6.45) is -5.29. The average molecular weight is 242 g/mol. The van der Waals surface area contributed by atoms with Crippen molar-refractivity contribution in [1.29, 1.82) is 0 Å². The second-order valence-electron chi connectivity index (χ2n) is 3.36. The van der Waals surface area contributed by atoms with Gasteiger partial charge < -0.3 is 20.1 Å². The van der Waals surface area contributed by atoms with E-state index in [-0.39, 0.29) is 25.8 Å². The maximum Gasteiger partial charge on any atom is 0.411 e. The predicted octanol–water partition coefficient (Wildman–Crippen LogP) is 0.345. The van der Waals surface area contributed by atoms with Crippen LogP contribution in [0.15, 0.2) is 0 Å². The minimum absolute atomic E-state index is 0.0748. The molecule has 5 nitrogen and oxygen atoms in total. The van der Waals surface area contributed by atoms with Crippen LogP contribution in [0.3, 0.4) is 0 Å². The fourth-order valence-corrected chi connectivity index (χ4v) is 1.24. The second-order valence-corrected chi connectivity index (χ2v) is 3.36. The van der Waals surface area contributed by atoms with Crippen molar-refractivity contribution >= 4 is 6.09 Å². The topological polar surface area (TPSA) is 64.8 Å². The Morgan fingerprint density at radius 3 is 2.75 bits per heavy atom. The summed E-state index contributed by atoms with van der Waals surface area (Å²) >= 11 is 0. The smallest absolute Gasteiger partial charge is 0.411 e. The van der Waals surface area contributed by atoms with Gasteiger partial charge in [-0.15, -0.1) is 0 Å². The van der Waals surface area contributed by atoms with Gasteiger partial charge >= 0.3 is 12.3 Å². The highest BCUT2D eigenvalue weighted by Crippen LogP contribution is 2.14. The van der Waals surface area contributed by atoms with Crippen LogP contribution in [-0.4, -0.2) is 56.1 Å². The molecule has 16 heavy (non-hydrogen) atoms. The van der Waals surface area contributed by atoms with E-state index in [0.717, 1.165) is 0 Å². The van der Waals surface area contributed by atoms with Crippen molar-refractivity contribution in [2.45, 2.75) is 12.3 Å². The first-order valence-corrected chi connectivity index (χ1v) is 4.72. The van der Waals surface area contributed by atoms with Crippen molar-refractivity contribution in [2.75, 3.05) is 32.8 Å². The number of carbonyl (C=O) groups is 1. The Kier molecular flexibility index (Phi) is 4.36. The molecule has 0 aliphatic carbocycles. The van der Waals surface area contributed by atoms with Gasteiger partial charge in [0.2, 0.25) is 0 Å². The van der Waals surface area contributed by atoms with E-state index in [2.05, 4.69) is 4.74 Å². The molecule has 0 aromatic rings. The van der Waals surface area contributed by atoms with Crippen LogP contribution in [0.2, 0.25) is 0 Å². The van der Waals surface area contributed by atoms with Gasteiger partial charge in [-0.05, 0) is 0 Å². The molecule has 1 aliphatic rings. The van der Waals surface area contributed by atoms with E-state index in [1.807, 2.05) is 0 Å². The van der Waals surface area contributed by atoms with Crippen molar-refractivity contribution in [2.24, 2.45) is 5.73 Å². The molecule has 1 heterocycles. The highest BCUT2D eigenvalue weighted by molar-refractivity contribution is 5.69. The van der Waals surface area contributed by atoms with Crippen LogP contribution in [-0.2, 0) is 9.47 Å². The third kappa shape index (κ3) is 4.23. The molecule has 0 spiro atoms. The fraction of sp³-hybridized carbons (Fsp3) is 0.875. The molecule has 8 heteroatoms. The minimum atomic E-state index is -4.34. The first kappa shape index (κ1) is 13.0. The zero-order valence-electron chi connectivity index (χ0n) is 8.50. The molecule has 1 saturated heterocycles. The van der Waals surface area contributed by atoms with E-state index in [4.69, 9.17) is 10.5 Å². The van der Waals surface area contributed by atoms with Crippen LogP contribution < -0.4 is 5.73 Å². The SMILES string of the molecule is NCC1CN(CCOCC(F)(F)F)C(=O)O1.